The van der Waals surface area contributed by atoms with Crippen LogP contribution in [-0.2, 0) is 24.0 Å². The Hall–Kier alpha value is -2.77. The van der Waals surface area contributed by atoms with Crippen LogP contribution in [0.15, 0.2) is 0 Å². The summed E-state index contributed by atoms with van der Waals surface area (Å²) >= 11 is 0. The molecule has 0 heterocycles. The second kappa shape index (κ2) is 11.9. The van der Waals surface area contributed by atoms with E-state index in [-0.39, 0.29) is 0 Å². The van der Waals surface area contributed by atoms with Crippen LogP contribution in [0, 0.1) is 5.92 Å². The second-order valence-corrected chi connectivity index (χ2v) is 6.74. The molecule has 166 valence electrons. The summed E-state index contributed by atoms with van der Waals surface area (Å²) in [5.74, 6) is -6.40. The molecule has 9 N–H and O–H groups in total. The number of aliphatic hydroxyl groups excluding tert-OH is 2. The fraction of sp³-hybridized carbons (Fsp3) is 0.688. The van der Waals surface area contributed by atoms with Crippen LogP contribution in [0.25, 0.3) is 0 Å². The molecule has 13 nitrogen and oxygen atoms in total. The number of nitrogens with one attached hydrogen (secondary N) is 3. The standard InChI is InChI=1S/C16H28N4O9/c1-6(2)12(20-14(26)11(17)7(3)22)15(27)18-8(4-10(23)24)13(25)19-9(5-21)16(28)29/h6-9,11-12,21-22H,4-5,17H2,1-3H3,(H,18,27)(H,19,25)(H,20,26)(H,23,24)(H,28,29). The topological polar surface area (TPSA) is 228 Å². The molecular formula is C16H28N4O9. The molecule has 0 saturated carbocycles. The van der Waals surface area contributed by atoms with Crippen molar-refractivity contribution < 1.29 is 44.4 Å². The van der Waals surface area contributed by atoms with E-state index in [0.717, 1.165) is 0 Å². The van der Waals surface area contributed by atoms with E-state index in [4.69, 9.17) is 21.1 Å². The SMILES string of the molecule is CC(C)C(NC(=O)C(N)C(C)O)C(=O)NC(CC(=O)O)C(=O)NC(CO)C(=O)O. The smallest absolute Gasteiger partial charge is 0.328 e. The summed E-state index contributed by atoms with van der Waals surface area (Å²) in [5.41, 5.74) is 5.51. The van der Waals surface area contributed by atoms with Crippen LogP contribution in [0.5, 0.6) is 0 Å². The highest BCUT2D eigenvalue weighted by Gasteiger charge is 2.33. The number of carbonyl (C=O) groups excluding carboxylic acids is 3. The van der Waals surface area contributed by atoms with Crippen LogP contribution in [0.3, 0.4) is 0 Å². The number of nitrogens with two attached hydrogens (primary N) is 1. The number of hydrogen-bond donors (Lipinski definition) is 8. The minimum Gasteiger partial charge on any atom is -0.481 e. The van der Waals surface area contributed by atoms with Gasteiger partial charge in [0.2, 0.25) is 17.7 Å². The van der Waals surface area contributed by atoms with Gasteiger partial charge in [-0.2, -0.15) is 0 Å². The molecule has 0 bridgehead atoms. The number of carbonyl (C=O) groups is 5. The molecule has 5 unspecified atom stereocenters. The summed E-state index contributed by atoms with van der Waals surface area (Å²) < 4.78 is 0. The first kappa shape index (κ1) is 26.2. The van der Waals surface area contributed by atoms with Crippen molar-refractivity contribution >= 4 is 29.7 Å². The van der Waals surface area contributed by atoms with E-state index in [2.05, 4.69) is 10.6 Å². The van der Waals surface area contributed by atoms with Gasteiger partial charge in [-0.05, 0) is 12.8 Å². The third kappa shape index (κ3) is 8.85. The molecule has 29 heavy (non-hydrogen) atoms. The number of carboxylic acid groups (broad SMARTS) is 2. The maximum Gasteiger partial charge on any atom is 0.328 e. The Kier molecular flexibility index (Phi) is 10.8. The maximum absolute atomic E-state index is 12.5. The first-order valence-corrected chi connectivity index (χ1v) is 8.72. The van der Waals surface area contributed by atoms with Crippen molar-refractivity contribution in [3.05, 3.63) is 0 Å². The molecule has 0 aliphatic rings. The normalized spacial score (nSPS) is 16.1. The molecule has 0 radical (unpaired) electrons. The summed E-state index contributed by atoms with van der Waals surface area (Å²) in [6.45, 7) is 3.46. The zero-order valence-electron chi connectivity index (χ0n) is 16.3. The zero-order valence-corrected chi connectivity index (χ0v) is 16.3. The number of aliphatic hydroxyl groups is 2. The number of rotatable bonds is 12. The lowest BCUT2D eigenvalue weighted by Gasteiger charge is -2.26. The Morgan fingerprint density at radius 3 is 1.76 bits per heavy atom. The summed E-state index contributed by atoms with van der Waals surface area (Å²) in [4.78, 5) is 58.7. The molecule has 0 aliphatic carbocycles. The van der Waals surface area contributed by atoms with Gasteiger partial charge in [0.1, 0.15) is 24.2 Å². The minimum atomic E-state index is -1.69. The molecule has 0 saturated heterocycles. The number of hydrogen-bond acceptors (Lipinski definition) is 8. The van der Waals surface area contributed by atoms with Gasteiger partial charge in [-0.1, -0.05) is 13.8 Å². The molecule has 0 aliphatic heterocycles. The number of carboxylic acids is 2. The highest BCUT2D eigenvalue weighted by Crippen LogP contribution is 2.05. The van der Waals surface area contributed by atoms with Crippen LogP contribution in [-0.4, -0.2) is 87.0 Å². The summed E-state index contributed by atoms with van der Waals surface area (Å²) in [7, 11) is 0. The van der Waals surface area contributed by atoms with Gasteiger partial charge >= 0.3 is 11.9 Å². The molecular weight excluding hydrogens is 392 g/mol. The van der Waals surface area contributed by atoms with Crippen LogP contribution in [0.2, 0.25) is 0 Å². The third-order valence-corrected chi connectivity index (χ3v) is 3.88. The molecule has 0 aromatic heterocycles. The van der Waals surface area contributed by atoms with Crippen molar-refractivity contribution in [3.63, 3.8) is 0 Å². The van der Waals surface area contributed by atoms with Gasteiger partial charge in [0, 0.05) is 0 Å². The summed E-state index contributed by atoms with van der Waals surface area (Å²) in [6.07, 6.45) is -2.07. The van der Waals surface area contributed by atoms with Gasteiger partial charge in [-0.15, -0.1) is 0 Å². The number of aliphatic carboxylic acids is 2. The quantitative estimate of drug-likeness (QED) is 0.154. The lowest BCUT2D eigenvalue weighted by molar-refractivity contribution is -0.144. The van der Waals surface area contributed by atoms with Crippen molar-refractivity contribution in [1.82, 2.24) is 16.0 Å². The van der Waals surface area contributed by atoms with Crippen molar-refractivity contribution in [2.24, 2.45) is 11.7 Å². The monoisotopic (exact) mass is 420 g/mol. The van der Waals surface area contributed by atoms with Crippen LogP contribution in [0.4, 0.5) is 0 Å². The fourth-order valence-electron chi connectivity index (χ4n) is 2.11. The third-order valence-electron chi connectivity index (χ3n) is 3.88. The Bertz CT molecular complexity index is 624. The van der Waals surface area contributed by atoms with Crippen molar-refractivity contribution in [2.75, 3.05) is 6.61 Å². The predicted molar refractivity (Wildman–Crippen MR) is 97.3 cm³/mol. The van der Waals surface area contributed by atoms with E-state index in [0.29, 0.717) is 0 Å². The molecule has 3 amide bonds. The van der Waals surface area contributed by atoms with Gasteiger partial charge in [-0.3, -0.25) is 19.2 Å². The van der Waals surface area contributed by atoms with Crippen LogP contribution in [0.1, 0.15) is 27.2 Å². The Morgan fingerprint density at radius 2 is 1.38 bits per heavy atom. The Labute approximate surface area is 166 Å². The largest absolute Gasteiger partial charge is 0.481 e. The van der Waals surface area contributed by atoms with Gasteiger partial charge in [0.05, 0.1) is 19.1 Å². The van der Waals surface area contributed by atoms with Crippen LogP contribution >= 0.6 is 0 Å². The Morgan fingerprint density at radius 1 is 0.862 bits per heavy atom. The highest BCUT2D eigenvalue weighted by molar-refractivity contribution is 5.95. The second-order valence-electron chi connectivity index (χ2n) is 6.74. The summed E-state index contributed by atoms with van der Waals surface area (Å²) in [5, 5.41) is 42.6. The predicted octanol–water partition coefficient (Wildman–Crippen LogP) is -3.64. The Balaban J connectivity index is 5.38. The first-order valence-electron chi connectivity index (χ1n) is 8.72. The van der Waals surface area contributed by atoms with Gasteiger partial charge < -0.3 is 42.1 Å². The van der Waals surface area contributed by atoms with Crippen molar-refractivity contribution in [1.29, 1.82) is 0 Å². The minimum absolute atomic E-state index is 0.502. The molecule has 0 rings (SSSR count). The molecule has 0 aromatic rings. The maximum atomic E-state index is 12.5. The van der Waals surface area contributed by atoms with E-state index >= 15 is 0 Å². The van der Waals surface area contributed by atoms with Gasteiger partial charge in [0.25, 0.3) is 0 Å². The van der Waals surface area contributed by atoms with E-state index in [1.165, 1.54) is 6.92 Å². The fourth-order valence-corrected chi connectivity index (χ4v) is 2.11. The van der Waals surface area contributed by atoms with Crippen molar-refractivity contribution in [3.8, 4) is 0 Å². The van der Waals surface area contributed by atoms with Gasteiger partial charge in [-0.25, -0.2) is 4.79 Å². The molecule has 0 aromatic carbocycles. The van der Waals surface area contributed by atoms with Crippen molar-refractivity contribution in [2.45, 2.75) is 57.5 Å². The lowest BCUT2D eigenvalue weighted by atomic mass is 10.0. The average Bonchev–Trinajstić information content (AvgIpc) is 2.61. The van der Waals surface area contributed by atoms with Crippen LogP contribution < -0.4 is 21.7 Å². The molecule has 0 spiro atoms. The summed E-state index contributed by atoms with van der Waals surface area (Å²) in [6, 6.07) is -5.90. The lowest BCUT2D eigenvalue weighted by Crippen LogP contribution is -2.59. The zero-order chi connectivity index (χ0) is 22.9. The van der Waals surface area contributed by atoms with E-state index < -0.39 is 78.9 Å². The van der Waals surface area contributed by atoms with E-state index in [1.54, 1.807) is 13.8 Å². The van der Waals surface area contributed by atoms with E-state index in [1.807, 2.05) is 5.32 Å². The average molecular weight is 420 g/mol. The van der Waals surface area contributed by atoms with E-state index in [9.17, 15) is 29.1 Å². The highest BCUT2D eigenvalue weighted by atomic mass is 16.4. The number of amides is 3. The van der Waals surface area contributed by atoms with Gasteiger partial charge in [0.15, 0.2) is 0 Å². The molecule has 0 fully saturated rings. The molecule has 13 heteroatoms. The first-order chi connectivity index (χ1) is 13.3. The molecule has 5 atom stereocenters.